The van der Waals surface area contributed by atoms with Crippen molar-refractivity contribution in [3.63, 3.8) is 0 Å². The highest BCUT2D eigenvalue weighted by atomic mass is 16.6. The third-order valence-electron chi connectivity index (χ3n) is 6.08. The van der Waals surface area contributed by atoms with Crippen molar-refractivity contribution in [2.24, 2.45) is 11.8 Å². The van der Waals surface area contributed by atoms with Gasteiger partial charge in [0.1, 0.15) is 5.60 Å². The Morgan fingerprint density at radius 3 is 2.76 bits per heavy atom. The fourth-order valence-electron chi connectivity index (χ4n) is 5.25. The van der Waals surface area contributed by atoms with Crippen LogP contribution in [0.2, 0.25) is 0 Å². The molecule has 25 heavy (non-hydrogen) atoms. The van der Waals surface area contributed by atoms with Crippen LogP contribution in [-0.2, 0) is 16.0 Å². The van der Waals surface area contributed by atoms with Gasteiger partial charge in [0.05, 0.1) is 12.0 Å². The van der Waals surface area contributed by atoms with E-state index < -0.39 is 11.2 Å². The quantitative estimate of drug-likeness (QED) is 0.818. The number of carbonyl (C=O) groups is 1. The molecule has 0 aromatic heterocycles. The van der Waals surface area contributed by atoms with Gasteiger partial charge in [-0.2, -0.15) is 0 Å². The predicted octanol–water partition coefficient (Wildman–Crippen LogP) is 4.28. The van der Waals surface area contributed by atoms with Crippen LogP contribution in [0.3, 0.4) is 0 Å². The van der Waals surface area contributed by atoms with Crippen molar-refractivity contribution in [3.8, 4) is 0 Å². The van der Waals surface area contributed by atoms with Gasteiger partial charge in [0.2, 0.25) is 0 Å². The molecule has 1 N–H and O–H groups in total. The molecule has 0 aliphatic heterocycles. The molecule has 134 valence electrons. The van der Waals surface area contributed by atoms with Crippen LogP contribution in [0.1, 0.15) is 64.0 Å². The summed E-state index contributed by atoms with van der Waals surface area (Å²) < 4.78 is 5.50. The second-order valence-corrected chi connectivity index (χ2v) is 8.99. The molecule has 0 spiro atoms. The van der Waals surface area contributed by atoms with Crippen molar-refractivity contribution in [2.75, 3.05) is 0 Å². The standard InChI is InChI=1S/C22H28O3/c1-21(2,3)25-19(23)13-22(24)12-15-9-11-18(22)20-16-7-5-4-6-14(16)8-10-17(15)20/h4-7,15,18,24H,8-13H2,1-3H3. The van der Waals surface area contributed by atoms with E-state index >= 15 is 0 Å². The third-order valence-corrected chi connectivity index (χ3v) is 6.08. The average molecular weight is 340 g/mol. The molecule has 1 saturated carbocycles. The van der Waals surface area contributed by atoms with Gasteiger partial charge < -0.3 is 9.84 Å². The number of rotatable bonds is 2. The Bertz CT molecular complexity index is 740. The van der Waals surface area contributed by atoms with Gasteiger partial charge in [-0.15, -0.1) is 0 Å². The van der Waals surface area contributed by atoms with Gasteiger partial charge in [-0.3, -0.25) is 4.79 Å². The Kier molecular flexibility index (Phi) is 3.84. The van der Waals surface area contributed by atoms with Crippen LogP contribution < -0.4 is 0 Å². The van der Waals surface area contributed by atoms with Crippen molar-refractivity contribution in [3.05, 3.63) is 41.0 Å². The highest BCUT2D eigenvalue weighted by molar-refractivity contribution is 5.79. The lowest BCUT2D eigenvalue weighted by molar-refractivity contribution is -0.164. The molecule has 4 aliphatic rings. The highest BCUT2D eigenvalue weighted by Crippen LogP contribution is 2.57. The van der Waals surface area contributed by atoms with Gasteiger partial charge >= 0.3 is 5.97 Å². The fraction of sp³-hybridized carbons (Fsp3) is 0.591. The largest absolute Gasteiger partial charge is 0.460 e. The minimum absolute atomic E-state index is 0.0569. The molecule has 3 heteroatoms. The lowest BCUT2D eigenvalue weighted by Gasteiger charge is -2.52. The van der Waals surface area contributed by atoms with E-state index in [0.29, 0.717) is 12.3 Å². The molecule has 3 unspecified atom stereocenters. The first kappa shape index (κ1) is 16.8. The molecule has 3 atom stereocenters. The number of fused-ring (bicyclic) bond motifs is 3. The van der Waals surface area contributed by atoms with Gasteiger partial charge in [0.15, 0.2) is 0 Å². The van der Waals surface area contributed by atoms with Crippen LogP contribution in [0, 0.1) is 11.8 Å². The van der Waals surface area contributed by atoms with Gasteiger partial charge in [-0.05, 0) is 75.5 Å². The van der Waals surface area contributed by atoms with E-state index in [-0.39, 0.29) is 18.3 Å². The topological polar surface area (TPSA) is 46.5 Å². The highest BCUT2D eigenvalue weighted by Gasteiger charge is 2.52. The number of esters is 1. The van der Waals surface area contributed by atoms with Gasteiger partial charge in [-0.1, -0.05) is 29.8 Å². The second kappa shape index (κ2) is 5.70. The van der Waals surface area contributed by atoms with E-state index in [1.54, 1.807) is 5.57 Å². The number of aliphatic hydroxyl groups is 1. The minimum Gasteiger partial charge on any atom is -0.460 e. The SMILES string of the molecule is CC(C)(C)OC(=O)CC1(O)CC2CCC1C1=C2CCc2ccccc21. The van der Waals surface area contributed by atoms with E-state index in [1.807, 2.05) is 20.8 Å². The third kappa shape index (κ3) is 2.93. The van der Waals surface area contributed by atoms with E-state index in [1.165, 1.54) is 16.7 Å². The minimum atomic E-state index is -0.964. The van der Waals surface area contributed by atoms with Gasteiger partial charge in [0, 0.05) is 5.92 Å². The predicted molar refractivity (Wildman–Crippen MR) is 97.9 cm³/mol. The molecule has 3 nitrogen and oxygen atoms in total. The van der Waals surface area contributed by atoms with Crippen molar-refractivity contribution in [1.29, 1.82) is 0 Å². The summed E-state index contributed by atoms with van der Waals surface area (Å²) in [5.74, 6) is 0.191. The zero-order chi connectivity index (χ0) is 17.8. The number of carbonyl (C=O) groups excluding carboxylic acids is 1. The normalized spacial score (nSPS) is 30.7. The lowest BCUT2D eigenvalue weighted by atomic mass is 9.55. The Hall–Kier alpha value is -1.61. The molecule has 0 radical (unpaired) electrons. The van der Waals surface area contributed by atoms with Crippen molar-refractivity contribution in [2.45, 2.75) is 70.5 Å². The molecular formula is C22H28O3. The Morgan fingerprint density at radius 1 is 1.24 bits per heavy atom. The first-order valence-electron chi connectivity index (χ1n) is 9.52. The number of hydrogen-bond acceptors (Lipinski definition) is 3. The summed E-state index contributed by atoms with van der Waals surface area (Å²) in [4.78, 5) is 12.4. The maximum Gasteiger partial charge on any atom is 0.309 e. The number of benzene rings is 1. The monoisotopic (exact) mass is 340 g/mol. The maximum absolute atomic E-state index is 12.4. The van der Waals surface area contributed by atoms with Crippen molar-refractivity contribution in [1.82, 2.24) is 0 Å². The van der Waals surface area contributed by atoms with Crippen molar-refractivity contribution < 1.29 is 14.6 Å². The summed E-state index contributed by atoms with van der Waals surface area (Å²) in [5, 5.41) is 11.5. The molecule has 5 rings (SSSR count). The molecule has 0 amide bonds. The fourth-order valence-corrected chi connectivity index (χ4v) is 5.25. The molecule has 1 aromatic carbocycles. The van der Waals surface area contributed by atoms with E-state index in [4.69, 9.17) is 4.74 Å². The zero-order valence-electron chi connectivity index (χ0n) is 15.5. The summed E-state index contributed by atoms with van der Waals surface area (Å²) in [5.41, 5.74) is 4.10. The van der Waals surface area contributed by atoms with E-state index in [0.717, 1.165) is 25.7 Å². The summed E-state index contributed by atoms with van der Waals surface area (Å²) in [7, 11) is 0. The van der Waals surface area contributed by atoms with Crippen LogP contribution in [-0.4, -0.2) is 22.3 Å². The first-order chi connectivity index (χ1) is 11.8. The summed E-state index contributed by atoms with van der Waals surface area (Å²) in [6, 6.07) is 8.58. The summed E-state index contributed by atoms with van der Waals surface area (Å²) >= 11 is 0. The lowest BCUT2D eigenvalue weighted by Crippen LogP contribution is -2.50. The summed E-state index contributed by atoms with van der Waals surface area (Å²) in [6.07, 6.45) is 5.13. The van der Waals surface area contributed by atoms with Crippen molar-refractivity contribution >= 4 is 11.5 Å². The second-order valence-electron chi connectivity index (χ2n) is 8.99. The Morgan fingerprint density at radius 2 is 2.00 bits per heavy atom. The molecule has 0 saturated heterocycles. The maximum atomic E-state index is 12.4. The number of hydrogen-bond donors (Lipinski definition) is 1. The molecule has 2 bridgehead atoms. The molecule has 4 aliphatic carbocycles. The van der Waals surface area contributed by atoms with Crippen LogP contribution >= 0.6 is 0 Å². The van der Waals surface area contributed by atoms with E-state index in [2.05, 4.69) is 24.3 Å². The van der Waals surface area contributed by atoms with Crippen LogP contribution in [0.4, 0.5) is 0 Å². The van der Waals surface area contributed by atoms with Crippen LogP contribution in [0.25, 0.3) is 5.57 Å². The van der Waals surface area contributed by atoms with Crippen LogP contribution in [0.5, 0.6) is 0 Å². The number of ether oxygens (including phenoxy) is 1. The van der Waals surface area contributed by atoms with Gasteiger partial charge in [0.25, 0.3) is 0 Å². The average Bonchev–Trinajstić information content (AvgIpc) is 2.52. The number of allylic oxidation sites excluding steroid dienone is 1. The molecule has 1 aromatic rings. The first-order valence-corrected chi connectivity index (χ1v) is 9.52. The van der Waals surface area contributed by atoms with Gasteiger partial charge in [-0.25, -0.2) is 0 Å². The molecule has 1 fully saturated rings. The number of aryl methyl sites for hydroxylation is 1. The Balaban J connectivity index is 1.67. The smallest absolute Gasteiger partial charge is 0.309 e. The zero-order valence-corrected chi connectivity index (χ0v) is 15.5. The van der Waals surface area contributed by atoms with E-state index in [9.17, 15) is 9.90 Å². The summed E-state index contributed by atoms with van der Waals surface area (Å²) in [6.45, 7) is 5.62. The molecular weight excluding hydrogens is 312 g/mol. The molecule has 0 heterocycles. The Labute approximate surface area is 150 Å². The van der Waals surface area contributed by atoms with Crippen LogP contribution in [0.15, 0.2) is 29.8 Å².